The Balaban J connectivity index is 2.15. The molecule has 0 aliphatic rings. The highest BCUT2D eigenvalue weighted by atomic mass is 35.5. The number of hydrogen-bond acceptors (Lipinski definition) is 6. The molecule has 0 bridgehead atoms. The largest absolute Gasteiger partial charge is 0.493 e. The fourth-order valence-electron chi connectivity index (χ4n) is 2.17. The quantitative estimate of drug-likeness (QED) is 0.580. The molecule has 6 nitrogen and oxygen atoms in total. The van der Waals surface area contributed by atoms with Gasteiger partial charge in [-0.05, 0) is 29.8 Å². The molecule has 7 heteroatoms. The van der Waals surface area contributed by atoms with Gasteiger partial charge in [0, 0.05) is 17.8 Å². The summed E-state index contributed by atoms with van der Waals surface area (Å²) in [6, 6.07) is 10.5. The number of benzene rings is 2. The van der Waals surface area contributed by atoms with E-state index < -0.39 is 0 Å². The van der Waals surface area contributed by atoms with Gasteiger partial charge >= 0.3 is 0 Å². The van der Waals surface area contributed by atoms with Gasteiger partial charge in [0.1, 0.15) is 5.75 Å². The number of rotatable bonds is 4. The Kier molecular flexibility index (Phi) is 4.08. The van der Waals surface area contributed by atoms with E-state index in [1.54, 1.807) is 50.6 Å². The van der Waals surface area contributed by atoms with Crippen LogP contribution < -0.4 is 19.9 Å². The second-order valence-electron chi connectivity index (χ2n) is 4.70. The lowest BCUT2D eigenvalue weighted by Crippen LogP contribution is -1.96. The first kappa shape index (κ1) is 15.2. The van der Waals surface area contributed by atoms with Gasteiger partial charge in [0.2, 0.25) is 11.2 Å². The lowest BCUT2D eigenvalue weighted by Gasteiger charge is -2.12. The Hall–Kier alpha value is -2.73. The molecule has 1 aromatic heterocycles. The number of hydrogen-bond donors (Lipinski definition) is 1. The average Bonchev–Trinajstić information content (AvgIpc) is 2.53. The van der Waals surface area contributed by atoms with E-state index in [9.17, 15) is 0 Å². The number of ether oxygens (including phenoxy) is 3. The van der Waals surface area contributed by atoms with Gasteiger partial charge in [0.15, 0.2) is 11.5 Å². The minimum atomic E-state index is 0.0728. The van der Waals surface area contributed by atoms with Crippen molar-refractivity contribution in [3.63, 3.8) is 0 Å². The topological polar surface area (TPSA) is 79.5 Å². The van der Waals surface area contributed by atoms with Crippen molar-refractivity contribution in [1.29, 1.82) is 0 Å². The molecular formula is C16H14ClN3O3. The van der Waals surface area contributed by atoms with Crippen LogP contribution in [-0.2, 0) is 0 Å². The second-order valence-corrected chi connectivity index (χ2v) is 5.03. The van der Waals surface area contributed by atoms with Crippen molar-refractivity contribution < 1.29 is 14.2 Å². The summed E-state index contributed by atoms with van der Waals surface area (Å²) in [5.74, 6) is 1.95. The highest BCUT2D eigenvalue weighted by molar-refractivity contribution is 6.28. The Morgan fingerprint density at radius 3 is 2.43 bits per heavy atom. The van der Waals surface area contributed by atoms with E-state index in [0.717, 1.165) is 0 Å². The highest BCUT2D eigenvalue weighted by Gasteiger charge is 2.14. The van der Waals surface area contributed by atoms with Gasteiger partial charge in [-0.25, -0.2) is 4.98 Å². The maximum atomic E-state index is 5.99. The number of anilines is 1. The van der Waals surface area contributed by atoms with Gasteiger partial charge in [-0.3, -0.25) is 0 Å². The molecule has 0 aliphatic heterocycles. The zero-order valence-electron chi connectivity index (χ0n) is 12.5. The van der Waals surface area contributed by atoms with Crippen LogP contribution in [0.3, 0.4) is 0 Å². The van der Waals surface area contributed by atoms with Gasteiger partial charge < -0.3 is 19.9 Å². The minimum Gasteiger partial charge on any atom is -0.493 e. The van der Waals surface area contributed by atoms with Crippen LogP contribution in [0.2, 0.25) is 5.28 Å². The first-order valence-electron chi connectivity index (χ1n) is 6.73. The smallest absolute Gasteiger partial charge is 0.231 e. The standard InChI is InChI=1S/C16H14ClN3O3/c1-21-13-7-11-12(8-14(13)22-2)19-16(17)20-15(11)23-10-5-3-4-9(18)6-10/h3-8H,18H2,1-2H3. The maximum Gasteiger partial charge on any atom is 0.231 e. The summed E-state index contributed by atoms with van der Waals surface area (Å²) in [6.07, 6.45) is 0. The first-order chi connectivity index (χ1) is 11.1. The van der Waals surface area contributed by atoms with E-state index in [-0.39, 0.29) is 5.28 Å². The number of fused-ring (bicyclic) bond motifs is 1. The molecule has 23 heavy (non-hydrogen) atoms. The molecule has 1 heterocycles. The summed E-state index contributed by atoms with van der Waals surface area (Å²) < 4.78 is 16.4. The third-order valence-electron chi connectivity index (χ3n) is 3.21. The number of nitrogen functional groups attached to an aromatic ring is 1. The van der Waals surface area contributed by atoms with E-state index >= 15 is 0 Å². The van der Waals surface area contributed by atoms with Crippen LogP contribution in [0.4, 0.5) is 5.69 Å². The SMILES string of the molecule is COc1cc2nc(Cl)nc(Oc3cccc(N)c3)c2cc1OC. The van der Waals surface area contributed by atoms with Crippen molar-refractivity contribution in [2.24, 2.45) is 0 Å². The Morgan fingerprint density at radius 1 is 1.00 bits per heavy atom. The highest BCUT2D eigenvalue weighted by Crippen LogP contribution is 2.36. The van der Waals surface area contributed by atoms with Crippen LogP contribution in [0.25, 0.3) is 10.9 Å². The number of nitrogens with two attached hydrogens (primary N) is 1. The Bertz CT molecular complexity index is 871. The molecule has 0 atom stereocenters. The summed E-state index contributed by atoms with van der Waals surface area (Å²) >= 11 is 5.99. The summed E-state index contributed by atoms with van der Waals surface area (Å²) in [5.41, 5.74) is 6.94. The zero-order chi connectivity index (χ0) is 16.4. The van der Waals surface area contributed by atoms with E-state index in [4.69, 9.17) is 31.5 Å². The van der Waals surface area contributed by atoms with Crippen molar-refractivity contribution in [3.8, 4) is 23.1 Å². The molecule has 0 unspecified atom stereocenters. The molecule has 0 amide bonds. The lowest BCUT2D eigenvalue weighted by atomic mass is 10.2. The van der Waals surface area contributed by atoms with Gasteiger partial charge in [-0.1, -0.05) is 6.07 Å². The maximum absolute atomic E-state index is 5.99. The fourth-order valence-corrected chi connectivity index (χ4v) is 2.34. The van der Waals surface area contributed by atoms with Crippen molar-refractivity contribution >= 4 is 28.2 Å². The van der Waals surface area contributed by atoms with E-state index in [0.29, 0.717) is 39.7 Å². The molecule has 0 saturated heterocycles. The average molecular weight is 332 g/mol. The van der Waals surface area contributed by atoms with Gasteiger partial charge in [-0.15, -0.1) is 0 Å². The van der Waals surface area contributed by atoms with Crippen LogP contribution >= 0.6 is 11.6 Å². The van der Waals surface area contributed by atoms with Crippen LogP contribution in [0.1, 0.15) is 0 Å². The predicted octanol–water partition coefficient (Wildman–Crippen LogP) is 3.67. The van der Waals surface area contributed by atoms with E-state index in [2.05, 4.69) is 9.97 Å². The predicted molar refractivity (Wildman–Crippen MR) is 88.6 cm³/mol. The summed E-state index contributed by atoms with van der Waals surface area (Å²) in [6.45, 7) is 0. The Morgan fingerprint density at radius 2 is 1.74 bits per heavy atom. The van der Waals surface area contributed by atoms with Gasteiger partial charge in [0.25, 0.3) is 0 Å². The van der Waals surface area contributed by atoms with Crippen molar-refractivity contribution in [3.05, 3.63) is 41.7 Å². The number of halogens is 1. The monoisotopic (exact) mass is 331 g/mol. The van der Waals surface area contributed by atoms with Crippen molar-refractivity contribution in [2.75, 3.05) is 20.0 Å². The molecule has 2 N–H and O–H groups in total. The Labute approximate surface area is 137 Å². The summed E-state index contributed by atoms with van der Waals surface area (Å²) in [4.78, 5) is 8.35. The molecular weight excluding hydrogens is 318 g/mol. The molecule has 0 saturated carbocycles. The fraction of sp³-hybridized carbons (Fsp3) is 0.125. The second kappa shape index (κ2) is 6.18. The lowest BCUT2D eigenvalue weighted by molar-refractivity contribution is 0.355. The van der Waals surface area contributed by atoms with Crippen LogP contribution in [0, 0.1) is 0 Å². The molecule has 118 valence electrons. The first-order valence-corrected chi connectivity index (χ1v) is 7.11. The summed E-state index contributed by atoms with van der Waals surface area (Å²) in [7, 11) is 3.11. The summed E-state index contributed by atoms with van der Waals surface area (Å²) in [5, 5.41) is 0.720. The molecule has 0 aliphatic carbocycles. The molecule has 3 rings (SSSR count). The molecule has 0 spiro atoms. The molecule has 0 radical (unpaired) electrons. The number of aromatic nitrogens is 2. The van der Waals surface area contributed by atoms with Crippen LogP contribution in [0.5, 0.6) is 23.1 Å². The molecule has 0 fully saturated rings. The number of methoxy groups -OCH3 is 2. The minimum absolute atomic E-state index is 0.0728. The molecule has 2 aromatic carbocycles. The van der Waals surface area contributed by atoms with Gasteiger partial charge in [0.05, 0.1) is 25.1 Å². The van der Waals surface area contributed by atoms with E-state index in [1.165, 1.54) is 0 Å². The third kappa shape index (κ3) is 3.07. The zero-order valence-corrected chi connectivity index (χ0v) is 13.3. The van der Waals surface area contributed by atoms with Crippen LogP contribution in [-0.4, -0.2) is 24.2 Å². The van der Waals surface area contributed by atoms with Crippen molar-refractivity contribution in [1.82, 2.24) is 9.97 Å². The third-order valence-corrected chi connectivity index (χ3v) is 3.38. The normalized spacial score (nSPS) is 10.6. The van der Waals surface area contributed by atoms with Crippen LogP contribution in [0.15, 0.2) is 36.4 Å². The number of nitrogens with zero attached hydrogens (tertiary/aromatic N) is 2. The molecule has 3 aromatic rings. The van der Waals surface area contributed by atoms with Gasteiger partial charge in [-0.2, -0.15) is 4.98 Å². The van der Waals surface area contributed by atoms with Crippen molar-refractivity contribution in [2.45, 2.75) is 0 Å². The van der Waals surface area contributed by atoms with E-state index in [1.807, 2.05) is 0 Å².